The molecule has 2 unspecified atom stereocenters. The number of quaternary nitrogens is 1. The van der Waals surface area contributed by atoms with Crippen molar-refractivity contribution in [1.82, 2.24) is 25.2 Å². The maximum Gasteiger partial charge on any atom is 0.322 e. The molecule has 3 atom stereocenters. The SMILES string of the molecule is CCC1CCC[N+]1(NC(=O)[C@H](CC(C)C)NC(=O)N1C=Cc2ccccc2C1)c1cccc(-c2ccccn2)c1. The van der Waals surface area contributed by atoms with Crippen LogP contribution < -0.4 is 15.3 Å². The molecule has 2 N–H and O–H groups in total. The van der Waals surface area contributed by atoms with Gasteiger partial charge in [-0.25, -0.2) is 4.79 Å². The molecule has 3 heterocycles. The average Bonchev–Trinajstić information content (AvgIpc) is 3.40. The maximum atomic E-state index is 14.1. The Hall–Kier alpha value is -3.97. The molecule has 7 heteroatoms. The number of fused-ring (bicyclic) bond motifs is 1. The van der Waals surface area contributed by atoms with Crippen LogP contribution in [0, 0.1) is 5.92 Å². The third kappa shape index (κ3) is 5.80. The molecule has 3 aromatic rings. The van der Waals surface area contributed by atoms with E-state index in [-0.39, 0.29) is 23.9 Å². The Balaban J connectivity index is 1.40. The molecule has 208 valence electrons. The van der Waals surface area contributed by atoms with E-state index in [0.29, 0.717) is 17.6 Å². The topological polar surface area (TPSA) is 74.3 Å². The zero-order valence-electron chi connectivity index (χ0n) is 23.7. The van der Waals surface area contributed by atoms with Crippen molar-refractivity contribution in [2.75, 3.05) is 6.54 Å². The van der Waals surface area contributed by atoms with Crippen LogP contribution in [-0.4, -0.2) is 40.5 Å². The number of nitrogens with one attached hydrogen (secondary N) is 2. The van der Waals surface area contributed by atoms with Crippen LogP contribution in [0.4, 0.5) is 10.5 Å². The highest BCUT2D eigenvalue weighted by Crippen LogP contribution is 2.36. The standard InChI is InChI=1S/C33H39N5O2/c1-4-28-15-10-20-38(28,29-14-9-13-26(22-29)30-16-7-8-18-34-30)36-32(39)31(21-24(2)3)35-33(40)37-19-17-25-11-5-6-12-27(25)23-37/h5-9,11-14,16-19,22,24,28,31H,4,10,15,20-21,23H2,1-3H3,(H-,35,36,39,40)/p+1/t28?,31-,38?/m0/s1. The molecule has 40 heavy (non-hydrogen) atoms. The second kappa shape index (κ2) is 12.0. The minimum absolute atomic E-state index is 0.146. The number of amides is 3. The number of nitrogens with zero attached hydrogens (tertiary/aromatic N) is 3. The van der Waals surface area contributed by atoms with Gasteiger partial charge in [0.1, 0.15) is 18.6 Å². The highest BCUT2D eigenvalue weighted by Gasteiger charge is 2.46. The minimum Gasteiger partial charge on any atom is -0.326 e. The third-order valence-electron chi connectivity index (χ3n) is 8.13. The molecule has 2 aliphatic rings. The van der Waals surface area contributed by atoms with E-state index in [1.165, 1.54) is 0 Å². The number of carbonyl (C=O) groups excluding carboxylic acids is 2. The molecule has 2 aliphatic heterocycles. The monoisotopic (exact) mass is 538 g/mol. The molecular weight excluding hydrogens is 498 g/mol. The summed E-state index contributed by atoms with van der Waals surface area (Å²) in [5.74, 6) is 0.0854. The first-order chi connectivity index (χ1) is 19.4. The maximum absolute atomic E-state index is 14.1. The summed E-state index contributed by atoms with van der Waals surface area (Å²) in [4.78, 5) is 33.6. The molecule has 5 rings (SSSR count). The van der Waals surface area contributed by atoms with Crippen LogP contribution in [0.3, 0.4) is 0 Å². The zero-order chi connectivity index (χ0) is 28.1. The van der Waals surface area contributed by atoms with Crippen molar-refractivity contribution in [2.45, 2.75) is 65.1 Å². The first-order valence-electron chi connectivity index (χ1n) is 14.4. The van der Waals surface area contributed by atoms with Gasteiger partial charge in [0.15, 0.2) is 5.69 Å². The van der Waals surface area contributed by atoms with E-state index in [9.17, 15) is 9.59 Å². The van der Waals surface area contributed by atoms with Gasteiger partial charge in [-0.2, -0.15) is 10.0 Å². The fourth-order valence-corrected chi connectivity index (χ4v) is 6.09. The lowest BCUT2D eigenvalue weighted by Gasteiger charge is -2.39. The minimum atomic E-state index is -0.648. The lowest BCUT2D eigenvalue weighted by molar-refractivity contribution is -0.128. The molecule has 0 saturated carbocycles. The van der Waals surface area contributed by atoms with Crippen LogP contribution in [0.15, 0.2) is 79.1 Å². The first-order valence-corrected chi connectivity index (χ1v) is 14.4. The van der Waals surface area contributed by atoms with Gasteiger partial charge in [0.2, 0.25) is 0 Å². The van der Waals surface area contributed by atoms with Crippen LogP contribution in [-0.2, 0) is 11.3 Å². The number of hydrogen-bond acceptors (Lipinski definition) is 3. The normalized spacial score (nSPS) is 20.7. The largest absolute Gasteiger partial charge is 0.326 e. The lowest BCUT2D eigenvalue weighted by Crippen LogP contribution is -2.67. The second-order valence-corrected chi connectivity index (χ2v) is 11.3. The number of pyridine rings is 1. The van der Waals surface area contributed by atoms with E-state index in [2.05, 4.69) is 54.7 Å². The van der Waals surface area contributed by atoms with Gasteiger partial charge < -0.3 is 5.32 Å². The molecule has 1 fully saturated rings. The molecule has 0 radical (unpaired) electrons. The van der Waals surface area contributed by atoms with Gasteiger partial charge in [-0.15, -0.1) is 0 Å². The predicted octanol–water partition coefficient (Wildman–Crippen LogP) is 6.27. The van der Waals surface area contributed by atoms with Crippen molar-refractivity contribution in [2.24, 2.45) is 5.92 Å². The number of hydrogen-bond donors (Lipinski definition) is 2. The van der Waals surface area contributed by atoms with Crippen molar-refractivity contribution in [3.63, 3.8) is 0 Å². The third-order valence-corrected chi connectivity index (χ3v) is 8.13. The molecule has 3 amide bonds. The summed E-state index contributed by atoms with van der Waals surface area (Å²) >= 11 is 0. The van der Waals surface area contributed by atoms with Crippen molar-refractivity contribution in [1.29, 1.82) is 0 Å². The van der Waals surface area contributed by atoms with Gasteiger partial charge in [-0.05, 0) is 48.1 Å². The number of urea groups is 1. The summed E-state index contributed by atoms with van der Waals surface area (Å²) in [6, 6.07) is 21.7. The molecule has 2 aromatic carbocycles. The summed E-state index contributed by atoms with van der Waals surface area (Å²) < 4.78 is 0.386. The van der Waals surface area contributed by atoms with Gasteiger partial charge in [0.05, 0.1) is 12.2 Å². The lowest BCUT2D eigenvalue weighted by atomic mass is 10.0. The van der Waals surface area contributed by atoms with Crippen molar-refractivity contribution < 1.29 is 9.59 Å². The highest BCUT2D eigenvalue weighted by molar-refractivity contribution is 5.88. The van der Waals surface area contributed by atoms with E-state index in [1.807, 2.05) is 54.6 Å². The van der Waals surface area contributed by atoms with Crippen LogP contribution in [0.2, 0.25) is 0 Å². The molecule has 1 aromatic heterocycles. The van der Waals surface area contributed by atoms with Gasteiger partial charge >= 0.3 is 6.03 Å². The van der Waals surface area contributed by atoms with Crippen LogP contribution in [0.5, 0.6) is 0 Å². The fourth-order valence-electron chi connectivity index (χ4n) is 6.09. The number of benzene rings is 2. The van der Waals surface area contributed by atoms with Crippen LogP contribution in [0.25, 0.3) is 17.3 Å². The van der Waals surface area contributed by atoms with E-state index in [0.717, 1.165) is 53.9 Å². The summed E-state index contributed by atoms with van der Waals surface area (Å²) in [6.07, 6.45) is 9.08. The molecule has 1 saturated heterocycles. The number of carbonyl (C=O) groups is 2. The van der Waals surface area contributed by atoms with Gasteiger partial charge in [-0.3, -0.25) is 14.7 Å². The van der Waals surface area contributed by atoms with Crippen molar-refractivity contribution >= 4 is 23.7 Å². The number of rotatable bonds is 8. The quantitative estimate of drug-likeness (QED) is 0.332. The predicted molar refractivity (Wildman–Crippen MR) is 161 cm³/mol. The molecular formula is C33H40N5O2+. The molecule has 0 bridgehead atoms. The fraction of sp³-hybridized carbons (Fsp3) is 0.364. The van der Waals surface area contributed by atoms with Crippen molar-refractivity contribution in [3.05, 3.63) is 90.3 Å². The van der Waals surface area contributed by atoms with Gasteiger partial charge in [-0.1, -0.05) is 63.2 Å². The van der Waals surface area contributed by atoms with E-state index >= 15 is 0 Å². The van der Waals surface area contributed by atoms with E-state index < -0.39 is 6.04 Å². The summed E-state index contributed by atoms with van der Waals surface area (Å²) in [7, 11) is 0. The van der Waals surface area contributed by atoms with Gasteiger partial charge in [0.25, 0.3) is 5.91 Å². The van der Waals surface area contributed by atoms with Crippen LogP contribution >= 0.6 is 0 Å². The molecule has 0 aliphatic carbocycles. The van der Waals surface area contributed by atoms with Gasteiger partial charge in [0, 0.05) is 42.9 Å². The Labute approximate surface area is 237 Å². The average molecular weight is 539 g/mol. The zero-order valence-corrected chi connectivity index (χ0v) is 23.7. The van der Waals surface area contributed by atoms with Crippen molar-refractivity contribution in [3.8, 4) is 11.3 Å². The molecule has 0 spiro atoms. The Morgan fingerprint density at radius 3 is 2.67 bits per heavy atom. The highest BCUT2D eigenvalue weighted by atomic mass is 16.2. The Morgan fingerprint density at radius 2 is 1.90 bits per heavy atom. The number of aromatic nitrogens is 1. The molecule has 7 nitrogen and oxygen atoms in total. The Morgan fingerprint density at radius 1 is 1.07 bits per heavy atom. The van der Waals surface area contributed by atoms with Crippen LogP contribution in [0.1, 0.15) is 57.6 Å². The smallest absolute Gasteiger partial charge is 0.322 e. The van der Waals surface area contributed by atoms with E-state index in [4.69, 9.17) is 0 Å². The Bertz CT molecular complexity index is 1370. The summed E-state index contributed by atoms with van der Waals surface area (Å²) in [5.41, 5.74) is 8.62. The first kappa shape index (κ1) is 27.6. The Kier molecular flexibility index (Phi) is 8.31. The second-order valence-electron chi connectivity index (χ2n) is 11.3. The summed E-state index contributed by atoms with van der Waals surface area (Å²) in [6.45, 7) is 7.63. The summed E-state index contributed by atoms with van der Waals surface area (Å²) in [5, 5.41) is 3.07. The van der Waals surface area contributed by atoms with E-state index in [1.54, 1.807) is 17.3 Å².